The second-order valence-electron chi connectivity index (χ2n) is 6.58. The van der Waals surface area contributed by atoms with Crippen molar-refractivity contribution >= 4 is 22.9 Å². The number of hydrogen-bond donors (Lipinski definition) is 2. The summed E-state index contributed by atoms with van der Waals surface area (Å²) in [6.45, 7) is 5.46. The molecule has 134 valence electrons. The molecule has 0 bridgehead atoms. The van der Waals surface area contributed by atoms with Gasteiger partial charge in [0.2, 0.25) is 5.91 Å². The number of nitrogens with zero attached hydrogens (tertiary/aromatic N) is 1. The third-order valence-electron chi connectivity index (χ3n) is 4.57. The number of fused-ring (bicyclic) bond motifs is 1. The van der Waals surface area contributed by atoms with Gasteiger partial charge in [-0.3, -0.25) is 4.79 Å². The van der Waals surface area contributed by atoms with E-state index in [1.165, 1.54) is 0 Å². The number of carbonyl (C=O) groups is 2. The van der Waals surface area contributed by atoms with E-state index in [0.717, 1.165) is 35.0 Å². The van der Waals surface area contributed by atoms with E-state index in [4.69, 9.17) is 4.74 Å². The number of nitrogens with one attached hydrogen (secondary N) is 2. The smallest absolute Gasteiger partial charge is 0.409 e. The Hall–Kier alpha value is -2.50. The summed E-state index contributed by atoms with van der Waals surface area (Å²) in [6.07, 6.45) is 1.64. The Morgan fingerprint density at radius 1 is 1.28 bits per heavy atom. The number of carbonyl (C=O) groups excluding carboxylic acids is 2. The maximum absolute atomic E-state index is 12.3. The number of likely N-dealkylation sites (tertiary alicyclic amines) is 1. The van der Waals surface area contributed by atoms with Gasteiger partial charge in [0, 0.05) is 30.3 Å². The van der Waals surface area contributed by atoms with Gasteiger partial charge in [-0.25, -0.2) is 4.79 Å². The van der Waals surface area contributed by atoms with Crippen LogP contribution in [0, 0.1) is 6.92 Å². The zero-order valence-electron chi connectivity index (χ0n) is 14.8. The Balaban J connectivity index is 1.50. The molecule has 0 unspecified atom stereocenters. The fraction of sp³-hybridized carbons (Fsp3) is 0.474. The highest BCUT2D eigenvalue weighted by Gasteiger charge is 2.24. The van der Waals surface area contributed by atoms with Crippen LogP contribution >= 0.6 is 0 Å². The van der Waals surface area contributed by atoms with Gasteiger partial charge in [-0.1, -0.05) is 6.07 Å². The van der Waals surface area contributed by atoms with E-state index in [9.17, 15) is 9.59 Å². The van der Waals surface area contributed by atoms with E-state index in [1.54, 1.807) is 11.8 Å². The number of hydrogen-bond acceptors (Lipinski definition) is 3. The summed E-state index contributed by atoms with van der Waals surface area (Å²) in [5, 5.41) is 4.22. The molecule has 6 nitrogen and oxygen atoms in total. The highest BCUT2D eigenvalue weighted by molar-refractivity contribution is 5.84. The van der Waals surface area contributed by atoms with Gasteiger partial charge in [0.05, 0.1) is 13.0 Å². The molecule has 2 N–H and O–H groups in total. The molecule has 2 heterocycles. The molecule has 1 aromatic carbocycles. The molecule has 1 aliphatic rings. The van der Waals surface area contributed by atoms with E-state index in [0.29, 0.717) is 26.1 Å². The Labute approximate surface area is 147 Å². The van der Waals surface area contributed by atoms with Crippen molar-refractivity contribution in [3.8, 4) is 0 Å². The third-order valence-corrected chi connectivity index (χ3v) is 4.57. The molecular formula is C19H25N3O3. The van der Waals surface area contributed by atoms with E-state index < -0.39 is 0 Å². The number of aryl methyl sites for hydroxylation is 1. The minimum atomic E-state index is -0.262. The van der Waals surface area contributed by atoms with E-state index in [-0.39, 0.29) is 18.0 Å². The van der Waals surface area contributed by atoms with Gasteiger partial charge in [-0.15, -0.1) is 0 Å². The minimum Gasteiger partial charge on any atom is -0.450 e. The first kappa shape index (κ1) is 17.3. The number of amides is 2. The van der Waals surface area contributed by atoms with Crippen molar-refractivity contribution in [3.63, 3.8) is 0 Å². The number of benzene rings is 1. The summed E-state index contributed by atoms with van der Waals surface area (Å²) in [6, 6.07) is 8.27. The highest BCUT2D eigenvalue weighted by Crippen LogP contribution is 2.17. The number of aromatic nitrogens is 1. The van der Waals surface area contributed by atoms with E-state index >= 15 is 0 Å². The van der Waals surface area contributed by atoms with Gasteiger partial charge in [0.15, 0.2) is 0 Å². The van der Waals surface area contributed by atoms with Crippen molar-refractivity contribution < 1.29 is 14.3 Å². The Bertz CT molecular complexity index is 760. The van der Waals surface area contributed by atoms with Crippen LogP contribution in [0.15, 0.2) is 24.3 Å². The molecule has 1 aromatic heterocycles. The average molecular weight is 343 g/mol. The number of piperidine rings is 1. The van der Waals surface area contributed by atoms with Crippen LogP contribution in [0.2, 0.25) is 0 Å². The van der Waals surface area contributed by atoms with Crippen molar-refractivity contribution in [2.45, 2.75) is 39.2 Å². The molecule has 2 amide bonds. The summed E-state index contributed by atoms with van der Waals surface area (Å²) in [5.74, 6) is 0.0289. The van der Waals surface area contributed by atoms with Gasteiger partial charge in [-0.05, 0) is 55.8 Å². The van der Waals surface area contributed by atoms with Crippen LogP contribution in [0.4, 0.5) is 4.79 Å². The predicted molar refractivity (Wildman–Crippen MR) is 96.5 cm³/mol. The molecular weight excluding hydrogens is 318 g/mol. The van der Waals surface area contributed by atoms with Crippen molar-refractivity contribution in [1.82, 2.24) is 15.2 Å². The van der Waals surface area contributed by atoms with Crippen LogP contribution in [0.1, 0.15) is 31.0 Å². The largest absolute Gasteiger partial charge is 0.450 e. The Morgan fingerprint density at radius 3 is 2.76 bits per heavy atom. The SMILES string of the molecule is CCOC(=O)N1CCC(NC(=O)Cc2ccc3[nH]c(C)cc3c2)CC1. The van der Waals surface area contributed by atoms with Crippen molar-refractivity contribution in [2.75, 3.05) is 19.7 Å². The molecule has 0 spiro atoms. The molecule has 25 heavy (non-hydrogen) atoms. The Kier molecular flexibility index (Phi) is 5.26. The first-order valence-electron chi connectivity index (χ1n) is 8.84. The lowest BCUT2D eigenvalue weighted by molar-refractivity contribution is -0.121. The third kappa shape index (κ3) is 4.32. The second-order valence-corrected chi connectivity index (χ2v) is 6.58. The van der Waals surface area contributed by atoms with Crippen LogP contribution < -0.4 is 5.32 Å². The maximum atomic E-state index is 12.3. The second kappa shape index (κ2) is 7.59. The lowest BCUT2D eigenvalue weighted by atomic mass is 10.0. The number of H-pyrrole nitrogens is 1. The standard InChI is InChI=1S/C19H25N3O3/c1-3-25-19(24)22-8-6-16(7-9-22)21-18(23)12-14-4-5-17-15(11-14)10-13(2)20-17/h4-5,10-11,16,20H,3,6-9,12H2,1-2H3,(H,21,23). The van der Waals surface area contributed by atoms with Crippen LogP contribution in [0.5, 0.6) is 0 Å². The van der Waals surface area contributed by atoms with Crippen LogP contribution in [0.3, 0.4) is 0 Å². The zero-order chi connectivity index (χ0) is 17.8. The monoisotopic (exact) mass is 343 g/mol. The maximum Gasteiger partial charge on any atom is 0.409 e. The highest BCUT2D eigenvalue weighted by atomic mass is 16.6. The molecule has 0 radical (unpaired) electrons. The van der Waals surface area contributed by atoms with Crippen molar-refractivity contribution in [2.24, 2.45) is 0 Å². The molecule has 0 atom stereocenters. The lowest BCUT2D eigenvalue weighted by Crippen LogP contribution is -2.47. The van der Waals surface area contributed by atoms with Crippen LogP contribution in [0.25, 0.3) is 10.9 Å². The van der Waals surface area contributed by atoms with Crippen LogP contribution in [-0.2, 0) is 16.0 Å². The topological polar surface area (TPSA) is 74.4 Å². The fourth-order valence-corrected chi connectivity index (χ4v) is 3.32. The number of aromatic amines is 1. The number of rotatable bonds is 4. The van der Waals surface area contributed by atoms with Gasteiger partial charge >= 0.3 is 6.09 Å². The molecule has 1 aliphatic heterocycles. The average Bonchev–Trinajstić information content (AvgIpc) is 2.95. The van der Waals surface area contributed by atoms with Crippen molar-refractivity contribution in [1.29, 1.82) is 0 Å². The van der Waals surface area contributed by atoms with Gasteiger partial charge in [-0.2, -0.15) is 0 Å². The molecule has 2 aromatic rings. The first-order chi connectivity index (χ1) is 12.0. The Morgan fingerprint density at radius 2 is 2.04 bits per heavy atom. The molecule has 1 saturated heterocycles. The minimum absolute atomic E-state index is 0.0289. The molecule has 6 heteroatoms. The molecule has 0 aliphatic carbocycles. The summed E-state index contributed by atoms with van der Waals surface area (Å²) in [7, 11) is 0. The lowest BCUT2D eigenvalue weighted by Gasteiger charge is -2.31. The van der Waals surface area contributed by atoms with Gasteiger partial charge in [0.25, 0.3) is 0 Å². The van der Waals surface area contributed by atoms with Gasteiger partial charge < -0.3 is 19.9 Å². The van der Waals surface area contributed by atoms with Crippen molar-refractivity contribution in [3.05, 3.63) is 35.5 Å². The zero-order valence-corrected chi connectivity index (χ0v) is 14.8. The fourth-order valence-electron chi connectivity index (χ4n) is 3.32. The summed E-state index contributed by atoms with van der Waals surface area (Å²) in [4.78, 5) is 29.0. The molecule has 3 rings (SSSR count). The van der Waals surface area contributed by atoms with Gasteiger partial charge in [0.1, 0.15) is 0 Å². The first-order valence-corrected chi connectivity index (χ1v) is 8.84. The summed E-state index contributed by atoms with van der Waals surface area (Å²) < 4.78 is 5.01. The summed E-state index contributed by atoms with van der Waals surface area (Å²) >= 11 is 0. The molecule has 1 fully saturated rings. The summed E-state index contributed by atoms with van der Waals surface area (Å²) in [5.41, 5.74) is 3.21. The predicted octanol–water partition coefficient (Wildman–Crippen LogP) is 2.76. The normalized spacial score (nSPS) is 15.4. The number of ether oxygens (including phenoxy) is 1. The molecule has 0 saturated carbocycles. The van der Waals surface area contributed by atoms with E-state index in [1.807, 2.05) is 19.1 Å². The quantitative estimate of drug-likeness (QED) is 0.896. The van der Waals surface area contributed by atoms with E-state index in [2.05, 4.69) is 22.4 Å². The van der Waals surface area contributed by atoms with Crippen LogP contribution in [-0.4, -0.2) is 47.6 Å².